The molecule has 21 heavy (non-hydrogen) atoms. The summed E-state index contributed by atoms with van der Waals surface area (Å²) in [7, 11) is 0. The van der Waals surface area contributed by atoms with Crippen molar-refractivity contribution < 1.29 is 19.4 Å². The van der Waals surface area contributed by atoms with Gasteiger partial charge in [0, 0.05) is 5.56 Å². The highest BCUT2D eigenvalue weighted by atomic mass is 16.5. The molecule has 2 amide bonds. The van der Waals surface area contributed by atoms with Crippen molar-refractivity contribution in [1.29, 1.82) is 0 Å². The van der Waals surface area contributed by atoms with E-state index in [9.17, 15) is 9.59 Å². The lowest BCUT2D eigenvalue weighted by Crippen LogP contribution is -2.51. The summed E-state index contributed by atoms with van der Waals surface area (Å²) in [6, 6.07) is 7.28. The van der Waals surface area contributed by atoms with Gasteiger partial charge in [-0.15, -0.1) is 0 Å². The van der Waals surface area contributed by atoms with Crippen LogP contribution in [0.5, 0.6) is 0 Å². The molecule has 2 saturated heterocycles. The zero-order chi connectivity index (χ0) is 14.8. The standard InChI is InChI=1S/C16H15NO4/c18-9-1-2-11-3-5-12(6-4-11)10-17-15(19)13-7-8-14(21-13)16(17)20/h3-6,13-14,18H,7-10H2. The van der Waals surface area contributed by atoms with Crippen LogP contribution in [-0.4, -0.2) is 40.6 Å². The summed E-state index contributed by atoms with van der Waals surface area (Å²) in [6.45, 7) is 0.0864. The van der Waals surface area contributed by atoms with E-state index in [0.717, 1.165) is 11.1 Å². The van der Waals surface area contributed by atoms with Crippen LogP contribution >= 0.6 is 0 Å². The summed E-state index contributed by atoms with van der Waals surface area (Å²) in [6.07, 6.45) is 0.341. The van der Waals surface area contributed by atoms with E-state index in [1.54, 1.807) is 0 Å². The number of fused-ring (bicyclic) bond motifs is 2. The van der Waals surface area contributed by atoms with Crippen LogP contribution in [0.4, 0.5) is 0 Å². The van der Waals surface area contributed by atoms with Crippen molar-refractivity contribution in [3.05, 3.63) is 35.4 Å². The van der Waals surface area contributed by atoms with Crippen molar-refractivity contribution >= 4 is 11.8 Å². The van der Waals surface area contributed by atoms with Gasteiger partial charge >= 0.3 is 0 Å². The van der Waals surface area contributed by atoms with Crippen LogP contribution in [0.25, 0.3) is 0 Å². The number of hydrogen-bond donors (Lipinski definition) is 1. The van der Waals surface area contributed by atoms with E-state index in [1.165, 1.54) is 4.90 Å². The second-order valence-electron chi connectivity index (χ2n) is 5.11. The average Bonchev–Trinajstić information content (AvgIpc) is 2.96. The highest BCUT2D eigenvalue weighted by Crippen LogP contribution is 2.29. The Morgan fingerprint density at radius 2 is 1.76 bits per heavy atom. The first kappa shape index (κ1) is 13.8. The Morgan fingerprint density at radius 1 is 1.14 bits per heavy atom. The lowest BCUT2D eigenvalue weighted by atomic mass is 10.1. The number of carbonyl (C=O) groups excluding carboxylic acids is 2. The van der Waals surface area contributed by atoms with Crippen LogP contribution < -0.4 is 0 Å². The van der Waals surface area contributed by atoms with Gasteiger partial charge in [-0.1, -0.05) is 24.0 Å². The van der Waals surface area contributed by atoms with Gasteiger partial charge in [-0.05, 0) is 30.5 Å². The Morgan fingerprint density at radius 3 is 2.33 bits per heavy atom. The smallest absolute Gasteiger partial charge is 0.258 e. The minimum absolute atomic E-state index is 0.179. The number of rotatable bonds is 2. The van der Waals surface area contributed by atoms with Crippen molar-refractivity contribution in [2.24, 2.45) is 0 Å². The molecule has 1 N–H and O–H groups in total. The van der Waals surface area contributed by atoms with Crippen molar-refractivity contribution in [1.82, 2.24) is 4.90 Å². The molecular weight excluding hydrogens is 270 g/mol. The number of likely N-dealkylation sites (tertiary alicyclic amines) is 1. The summed E-state index contributed by atoms with van der Waals surface area (Å²) in [4.78, 5) is 25.6. The third-order valence-electron chi connectivity index (χ3n) is 3.71. The molecule has 2 fully saturated rings. The van der Waals surface area contributed by atoms with E-state index in [4.69, 9.17) is 9.84 Å². The minimum Gasteiger partial charge on any atom is -0.384 e. The van der Waals surface area contributed by atoms with Gasteiger partial charge in [0.1, 0.15) is 18.8 Å². The predicted molar refractivity (Wildman–Crippen MR) is 73.9 cm³/mol. The van der Waals surface area contributed by atoms with E-state index in [1.807, 2.05) is 24.3 Å². The number of benzene rings is 1. The molecule has 0 radical (unpaired) electrons. The molecule has 0 spiro atoms. The zero-order valence-electron chi connectivity index (χ0n) is 11.4. The van der Waals surface area contributed by atoms with E-state index in [0.29, 0.717) is 12.8 Å². The molecule has 5 heteroatoms. The first-order valence-electron chi connectivity index (χ1n) is 6.88. The van der Waals surface area contributed by atoms with Crippen LogP contribution in [0.15, 0.2) is 24.3 Å². The molecule has 1 aromatic rings. The van der Waals surface area contributed by atoms with Gasteiger partial charge in [-0.3, -0.25) is 14.5 Å². The molecule has 2 aliphatic heterocycles. The number of amides is 2. The van der Waals surface area contributed by atoms with Gasteiger partial charge in [0.15, 0.2) is 0 Å². The van der Waals surface area contributed by atoms with Gasteiger partial charge in [0.05, 0.1) is 6.54 Å². The summed E-state index contributed by atoms with van der Waals surface area (Å²) in [5.41, 5.74) is 1.65. The molecule has 2 heterocycles. The Balaban J connectivity index is 1.74. The first-order valence-corrected chi connectivity index (χ1v) is 6.88. The molecule has 2 unspecified atom stereocenters. The SMILES string of the molecule is O=C1C2CCC(O2)C(=O)N1Cc1ccc(C#CCO)cc1. The van der Waals surface area contributed by atoms with Gasteiger partial charge in [-0.2, -0.15) is 0 Å². The highest BCUT2D eigenvalue weighted by Gasteiger charge is 2.46. The van der Waals surface area contributed by atoms with Gasteiger partial charge < -0.3 is 9.84 Å². The maximum absolute atomic E-state index is 12.1. The van der Waals surface area contributed by atoms with Crippen LogP contribution in [0.1, 0.15) is 24.0 Å². The number of nitrogens with zero attached hydrogens (tertiary/aromatic N) is 1. The van der Waals surface area contributed by atoms with E-state index in [-0.39, 0.29) is 25.0 Å². The Labute approximate surface area is 122 Å². The number of morpholine rings is 1. The number of aliphatic hydroxyl groups is 1. The summed E-state index contributed by atoms with van der Waals surface area (Å²) < 4.78 is 5.37. The molecule has 2 bridgehead atoms. The van der Waals surface area contributed by atoms with Crippen molar-refractivity contribution in [3.63, 3.8) is 0 Å². The van der Waals surface area contributed by atoms with Crippen LogP contribution in [0.2, 0.25) is 0 Å². The zero-order valence-corrected chi connectivity index (χ0v) is 11.4. The fraction of sp³-hybridized carbons (Fsp3) is 0.375. The summed E-state index contributed by atoms with van der Waals surface area (Å²) >= 11 is 0. The van der Waals surface area contributed by atoms with Crippen LogP contribution in [-0.2, 0) is 20.9 Å². The lowest BCUT2D eigenvalue weighted by molar-refractivity contribution is -0.169. The largest absolute Gasteiger partial charge is 0.384 e. The maximum atomic E-state index is 12.1. The second-order valence-corrected chi connectivity index (χ2v) is 5.11. The van der Waals surface area contributed by atoms with Crippen LogP contribution in [0.3, 0.4) is 0 Å². The molecule has 0 aliphatic carbocycles. The van der Waals surface area contributed by atoms with E-state index < -0.39 is 12.2 Å². The highest BCUT2D eigenvalue weighted by molar-refractivity contribution is 6.02. The van der Waals surface area contributed by atoms with E-state index in [2.05, 4.69) is 11.8 Å². The second kappa shape index (κ2) is 5.68. The maximum Gasteiger partial charge on any atom is 0.258 e. The molecule has 2 aliphatic rings. The fourth-order valence-electron chi connectivity index (χ4n) is 2.63. The molecule has 1 aromatic carbocycles. The molecule has 3 rings (SSSR count). The third-order valence-corrected chi connectivity index (χ3v) is 3.71. The summed E-state index contributed by atoms with van der Waals surface area (Å²) in [5.74, 6) is 4.89. The Kier molecular flexibility index (Phi) is 3.74. The molecule has 2 atom stereocenters. The first-order chi connectivity index (χ1) is 10.2. The van der Waals surface area contributed by atoms with Gasteiger partial charge in [0.25, 0.3) is 11.8 Å². The molecule has 5 nitrogen and oxygen atoms in total. The number of hydrogen-bond acceptors (Lipinski definition) is 4. The normalized spacial score (nSPS) is 24.0. The Hall–Kier alpha value is -2.16. The van der Waals surface area contributed by atoms with Gasteiger partial charge in [0.2, 0.25) is 0 Å². The molecule has 0 aromatic heterocycles. The monoisotopic (exact) mass is 285 g/mol. The fourth-order valence-corrected chi connectivity index (χ4v) is 2.63. The van der Waals surface area contributed by atoms with E-state index >= 15 is 0 Å². The quantitative estimate of drug-likeness (QED) is 0.633. The van der Waals surface area contributed by atoms with Gasteiger partial charge in [-0.25, -0.2) is 0 Å². The predicted octanol–water partition coefficient (Wildman–Crippen LogP) is 0.447. The lowest BCUT2D eigenvalue weighted by Gasteiger charge is -2.29. The third kappa shape index (κ3) is 2.68. The minimum atomic E-state index is -0.456. The number of carbonyl (C=O) groups is 2. The van der Waals surface area contributed by atoms with Crippen molar-refractivity contribution in [3.8, 4) is 11.8 Å². The van der Waals surface area contributed by atoms with Crippen molar-refractivity contribution in [2.75, 3.05) is 6.61 Å². The topological polar surface area (TPSA) is 66.8 Å². The molecule has 108 valence electrons. The molecule has 0 saturated carbocycles. The average molecular weight is 285 g/mol. The number of ether oxygens (including phenoxy) is 1. The number of imide groups is 1. The Bertz CT molecular complexity index is 604. The molecular formula is C16H15NO4. The number of aliphatic hydroxyl groups excluding tert-OH is 1. The summed E-state index contributed by atoms with van der Waals surface area (Å²) in [5, 5.41) is 8.65. The van der Waals surface area contributed by atoms with Crippen LogP contribution in [0, 0.1) is 11.8 Å². The van der Waals surface area contributed by atoms with Crippen molar-refractivity contribution in [2.45, 2.75) is 31.6 Å².